The first kappa shape index (κ1) is 17.1. The van der Waals surface area contributed by atoms with E-state index in [1.165, 1.54) is 11.0 Å². The van der Waals surface area contributed by atoms with Crippen molar-refractivity contribution in [3.63, 3.8) is 0 Å². The molecule has 0 bridgehead atoms. The minimum absolute atomic E-state index is 0.395. The van der Waals surface area contributed by atoms with Crippen LogP contribution in [0.2, 0.25) is 0 Å². The van der Waals surface area contributed by atoms with Crippen molar-refractivity contribution in [3.8, 4) is 17.2 Å². The normalized spacial score (nSPS) is 11.1. The fourth-order valence-corrected chi connectivity index (χ4v) is 3.16. The number of imidazole rings is 1. The maximum atomic E-state index is 5.47. The summed E-state index contributed by atoms with van der Waals surface area (Å²) in [6.45, 7) is 5.10. The summed E-state index contributed by atoms with van der Waals surface area (Å²) < 4.78 is 20.9. The predicted octanol–water partition coefficient (Wildman–Crippen LogP) is 3.58. The first-order chi connectivity index (χ1) is 12.1. The number of fused-ring (bicyclic) bond motifs is 1. The van der Waals surface area contributed by atoms with Crippen LogP contribution < -0.4 is 18.8 Å². The lowest BCUT2D eigenvalue weighted by atomic mass is 10.1. The molecule has 0 amide bonds. The van der Waals surface area contributed by atoms with Gasteiger partial charge in [-0.2, -0.15) is 0 Å². The monoisotopic (exact) mass is 341 g/mol. The molecule has 0 fully saturated rings. The highest BCUT2D eigenvalue weighted by Crippen LogP contribution is 2.38. The van der Waals surface area contributed by atoms with Crippen molar-refractivity contribution in [3.05, 3.63) is 48.3 Å². The molecule has 0 saturated carbocycles. The number of aromatic nitrogens is 2. The number of ether oxygens (including phenoxy) is 3. The second kappa shape index (κ2) is 7.05. The van der Waals surface area contributed by atoms with Gasteiger partial charge in [0.25, 0.3) is 0 Å². The van der Waals surface area contributed by atoms with Crippen LogP contribution in [0, 0.1) is 0 Å². The topological polar surface area (TPSA) is 36.5 Å². The lowest BCUT2D eigenvalue weighted by Gasteiger charge is -2.13. The first-order valence-electron chi connectivity index (χ1n) is 8.37. The second-order valence-electron chi connectivity index (χ2n) is 6.27. The van der Waals surface area contributed by atoms with Gasteiger partial charge in [0.15, 0.2) is 22.5 Å². The van der Waals surface area contributed by atoms with Crippen LogP contribution in [0.15, 0.2) is 42.7 Å². The predicted molar refractivity (Wildman–Crippen MR) is 97.7 cm³/mol. The molecule has 5 heteroatoms. The van der Waals surface area contributed by atoms with E-state index in [0.29, 0.717) is 23.3 Å². The summed E-state index contributed by atoms with van der Waals surface area (Å²) in [5.74, 6) is 1.96. The SMILES string of the molecule is COc1cc(C[n+]2cn(C(C)C)c3ccccc32)cc(OC)c1OC. The summed E-state index contributed by atoms with van der Waals surface area (Å²) in [4.78, 5) is 0. The fourth-order valence-electron chi connectivity index (χ4n) is 3.16. The number of hydrogen-bond donors (Lipinski definition) is 0. The Balaban J connectivity index is 2.07. The van der Waals surface area contributed by atoms with Gasteiger partial charge < -0.3 is 14.2 Å². The number of benzene rings is 2. The van der Waals surface area contributed by atoms with Crippen LogP contribution in [-0.4, -0.2) is 25.9 Å². The van der Waals surface area contributed by atoms with Crippen LogP contribution in [0.3, 0.4) is 0 Å². The van der Waals surface area contributed by atoms with Gasteiger partial charge in [0.2, 0.25) is 12.1 Å². The number of nitrogens with zero attached hydrogens (tertiary/aromatic N) is 2. The zero-order valence-electron chi connectivity index (χ0n) is 15.4. The average molecular weight is 341 g/mol. The molecule has 0 spiro atoms. The Labute approximate surface area is 148 Å². The third kappa shape index (κ3) is 3.14. The maximum absolute atomic E-state index is 5.47. The summed E-state index contributed by atoms with van der Waals surface area (Å²) >= 11 is 0. The molecule has 1 aromatic heterocycles. The molecule has 0 N–H and O–H groups in total. The van der Waals surface area contributed by atoms with Crippen molar-refractivity contribution in [1.82, 2.24) is 4.57 Å². The van der Waals surface area contributed by atoms with E-state index in [-0.39, 0.29) is 0 Å². The smallest absolute Gasteiger partial charge is 0.245 e. The van der Waals surface area contributed by atoms with Gasteiger partial charge in [0.1, 0.15) is 6.54 Å². The second-order valence-corrected chi connectivity index (χ2v) is 6.27. The van der Waals surface area contributed by atoms with Crippen LogP contribution in [-0.2, 0) is 6.54 Å². The van der Waals surface area contributed by atoms with Crippen LogP contribution >= 0.6 is 0 Å². The van der Waals surface area contributed by atoms with Crippen LogP contribution in [0.5, 0.6) is 17.2 Å². The Bertz CT molecular complexity index is 859. The van der Waals surface area contributed by atoms with E-state index in [9.17, 15) is 0 Å². The summed E-state index contributed by atoms with van der Waals surface area (Å²) in [7, 11) is 4.89. The Morgan fingerprint density at radius 2 is 1.60 bits per heavy atom. The number of para-hydroxylation sites is 2. The Kier molecular flexibility index (Phi) is 4.83. The zero-order chi connectivity index (χ0) is 18.0. The zero-order valence-corrected chi connectivity index (χ0v) is 15.4. The third-order valence-electron chi connectivity index (χ3n) is 4.37. The van der Waals surface area contributed by atoms with Gasteiger partial charge >= 0.3 is 0 Å². The lowest BCUT2D eigenvalue weighted by Crippen LogP contribution is -2.33. The molecule has 1 heterocycles. The Morgan fingerprint density at radius 1 is 0.960 bits per heavy atom. The van der Waals surface area contributed by atoms with Gasteiger partial charge in [0, 0.05) is 5.56 Å². The van der Waals surface area contributed by atoms with E-state index in [0.717, 1.165) is 12.1 Å². The van der Waals surface area contributed by atoms with E-state index in [1.54, 1.807) is 21.3 Å². The van der Waals surface area contributed by atoms with Crippen LogP contribution in [0.25, 0.3) is 11.0 Å². The molecule has 3 aromatic rings. The molecule has 132 valence electrons. The fraction of sp³-hybridized carbons (Fsp3) is 0.350. The van der Waals surface area contributed by atoms with Gasteiger partial charge in [-0.25, -0.2) is 9.13 Å². The van der Waals surface area contributed by atoms with Gasteiger partial charge in [0.05, 0.1) is 27.4 Å². The molecular weight excluding hydrogens is 316 g/mol. The molecule has 0 aliphatic heterocycles. The van der Waals surface area contributed by atoms with Gasteiger partial charge in [-0.3, -0.25) is 0 Å². The summed E-state index contributed by atoms with van der Waals surface area (Å²) in [6, 6.07) is 12.8. The minimum Gasteiger partial charge on any atom is -0.493 e. The molecule has 0 aliphatic carbocycles. The molecule has 0 saturated heterocycles. The first-order valence-corrected chi connectivity index (χ1v) is 8.37. The molecule has 3 rings (SSSR count). The molecule has 0 aliphatic rings. The average Bonchev–Trinajstić information content (AvgIpc) is 2.99. The van der Waals surface area contributed by atoms with Crippen molar-refractivity contribution in [2.45, 2.75) is 26.4 Å². The van der Waals surface area contributed by atoms with Gasteiger partial charge in [-0.15, -0.1) is 0 Å². The molecule has 0 radical (unpaired) electrons. The molecule has 0 unspecified atom stereocenters. The lowest BCUT2D eigenvalue weighted by molar-refractivity contribution is -0.663. The largest absolute Gasteiger partial charge is 0.493 e. The van der Waals surface area contributed by atoms with Crippen molar-refractivity contribution in [1.29, 1.82) is 0 Å². The molecule has 0 atom stereocenters. The Hall–Kier alpha value is -2.69. The highest BCUT2D eigenvalue weighted by molar-refractivity contribution is 5.71. The third-order valence-corrected chi connectivity index (χ3v) is 4.37. The molecule has 2 aromatic carbocycles. The van der Waals surface area contributed by atoms with E-state index in [4.69, 9.17) is 14.2 Å². The Morgan fingerprint density at radius 3 is 2.16 bits per heavy atom. The van der Waals surface area contributed by atoms with Crippen molar-refractivity contribution in [2.24, 2.45) is 0 Å². The van der Waals surface area contributed by atoms with Gasteiger partial charge in [-0.1, -0.05) is 12.1 Å². The van der Waals surface area contributed by atoms with Crippen molar-refractivity contribution >= 4 is 11.0 Å². The minimum atomic E-state index is 0.395. The van der Waals surface area contributed by atoms with Crippen molar-refractivity contribution in [2.75, 3.05) is 21.3 Å². The maximum Gasteiger partial charge on any atom is 0.245 e. The van der Waals surface area contributed by atoms with Crippen LogP contribution in [0.1, 0.15) is 25.5 Å². The number of rotatable bonds is 6. The van der Waals surface area contributed by atoms with E-state index >= 15 is 0 Å². The molecule has 5 nitrogen and oxygen atoms in total. The van der Waals surface area contributed by atoms with E-state index in [2.05, 4.69) is 53.6 Å². The highest BCUT2D eigenvalue weighted by Gasteiger charge is 2.19. The van der Waals surface area contributed by atoms with Crippen LogP contribution in [0.4, 0.5) is 0 Å². The van der Waals surface area contributed by atoms with E-state index in [1.807, 2.05) is 12.1 Å². The summed E-state index contributed by atoms with van der Waals surface area (Å²) in [6.07, 6.45) is 2.17. The number of methoxy groups -OCH3 is 3. The number of hydrogen-bond acceptors (Lipinski definition) is 3. The standard InChI is InChI=1S/C20H25N2O3/c1-14(2)22-13-21(16-8-6-7-9-17(16)22)12-15-10-18(23-3)20(25-5)19(11-15)24-4/h6-11,13-14H,12H2,1-5H3/q+1. The van der Waals surface area contributed by atoms with Crippen molar-refractivity contribution < 1.29 is 18.8 Å². The summed E-state index contributed by atoms with van der Waals surface area (Å²) in [5.41, 5.74) is 3.51. The summed E-state index contributed by atoms with van der Waals surface area (Å²) in [5, 5.41) is 0. The highest BCUT2D eigenvalue weighted by atomic mass is 16.5. The molecular formula is C20H25N2O3+. The quantitative estimate of drug-likeness (QED) is 0.643. The molecule has 25 heavy (non-hydrogen) atoms. The van der Waals surface area contributed by atoms with Gasteiger partial charge in [-0.05, 0) is 38.1 Å². The van der Waals surface area contributed by atoms with E-state index < -0.39 is 0 Å².